The quantitative estimate of drug-likeness (QED) is 0.809. The summed E-state index contributed by atoms with van der Waals surface area (Å²) < 4.78 is 0. The molecule has 0 aromatic carbocycles. The molecule has 0 aliphatic heterocycles. The molecule has 5 heteroatoms. The number of nitrogens with zero attached hydrogens (tertiary/aromatic N) is 3. The highest BCUT2D eigenvalue weighted by Gasteiger charge is 2.20. The second-order valence-electron chi connectivity index (χ2n) is 5.22. The Bertz CT molecular complexity index is 434. The van der Waals surface area contributed by atoms with Crippen LogP contribution in [-0.4, -0.2) is 53.9 Å². The van der Waals surface area contributed by atoms with Crippen molar-refractivity contribution in [3.05, 3.63) is 29.6 Å². The van der Waals surface area contributed by atoms with Crippen molar-refractivity contribution in [3.63, 3.8) is 0 Å². The third kappa shape index (κ3) is 4.90. The van der Waals surface area contributed by atoms with E-state index in [9.17, 15) is 4.79 Å². The second kappa shape index (κ2) is 7.97. The van der Waals surface area contributed by atoms with Crippen LogP contribution in [0.5, 0.6) is 0 Å². The first-order chi connectivity index (χ1) is 9.47. The molecule has 1 atom stereocenters. The van der Waals surface area contributed by atoms with Crippen LogP contribution in [0.15, 0.2) is 18.2 Å². The van der Waals surface area contributed by atoms with Crippen molar-refractivity contribution in [2.24, 2.45) is 5.73 Å². The summed E-state index contributed by atoms with van der Waals surface area (Å²) in [5.74, 6) is 0.108. The van der Waals surface area contributed by atoms with Crippen LogP contribution in [0.2, 0.25) is 0 Å². The summed E-state index contributed by atoms with van der Waals surface area (Å²) in [4.78, 5) is 20.2. The van der Waals surface area contributed by atoms with Gasteiger partial charge in [-0.3, -0.25) is 14.7 Å². The number of carbonyl (C=O) groups is 1. The Balaban J connectivity index is 2.74. The Labute approximate surface area is 121 Å². The van der Waals surface area contributed by atoms with Crippen LogP contribution in [0.1, 0.15) is 24.7 Å². The lowest BCUT2D eigenvalue weighted by atomic mass is 10.1. The van der Waals surface area contributed by atoms with Gasteiger partial charge < -0.3 is 10.6 Å². The van der Waals surface area contributed by atoms with E-state index < -0.39 is 0 Å². The number of hydrogen-bond donors (Lipinski definition) is 1. The average molecular weight is 278 g/mol. The topological polar surface area (TPSA) is 62.5 Å². The van der Waals surface area contributed by atoms with Gasteiger partial charge in [-0.25, -0.2) is 0 Å². The van der Waals surface area contributed by atoms with Crippen molar-refractivity contribution in [1.29, 1.82) is 0 Å². The van der Waals surface area contributed by atoms with Gasteiger partial charge in [-0.15, -0.1) is 0 Å². The molecule has 0 spiro atoms. The Kier molecular flexibility index (Phi) is 6.61. The molecule has 0 radical (unpaired) electrons. The lowest BCUT2D eigenvalue weighted by Gasteiger charge is -2.30. The van der Waals surface area contributed by atoms with Gasteiger partial charge in [-0.2, -0.15) is 0 Å². The van der Waals surface area contributed by atoms with Crippen molar-refractivity contribution >= 4 is 5.91 Å². The zero-order chi connectivity index (χ0) is 15.1. The molecule has 1 aromatic heterocycles. The van der Waals surface area contributed by atoms with E-state index in [1.54, 1.807) is 19.0 Å². The normalized spacial score (nSPS) is 12.5. The Hall–Kier alpha value is -1.46. The number of aromatic nitrogens is 1. The molecule has 1 rings (SSSR count). The minimum atomic E-state index is 0.0530. The third-order valence-electron chi connectivity index (χ3n) is 3.41. The van der Waals surface area contributed by atoms with E-state index in [1.165, 1.54) is 0 Å². The third-order valence-corrected chi connectivity index (χ3v) is 3.41. The predicted octanol–water partition coefficient (Wildman–Crippen LogP) is 1.02. The highest BCUT2D eigenvalue weighted by atomic mass is 16.2. The second-order valence-corrected chi connectivity index (χ2v) is 5.22. The van der Waals surface area contributed by atoms with E-state index in [0.717, 1.165) is 24.5 Å². The summed E-state index contributed by atoms with van der Waals surface area (Å²) in [5, 5.41) is 0. The van der Waals surface area contributed by atoms with Gasteiger partial charge in [0.2, 0.25) is 5.91 Å². The van der Waals surface area contributed by atoms with Gasteiger partial charge in [0.25, 0.3) is 0 Å². The van der Waals surface area contributed by atoms with E-state index in [2.05, 4.69) is 16.8 Å². The van der Waals surface area contributed by atoms with E-state index in [-0.39, 0.29) is 11.9 Å². The molecule has 1 aromatic rings. The summed E-state index contributed by atoms with van der Waals surface area (Å²) in [6.07, 6.45) is 0.448. The zero-order valence-electron chi connectivity index (χ0n) is 13.0. The summed E-state index contributed by atoms with van der Waals surface area (Å²) in [5.41, 5.74) is 7.87. The molecule has 0 aliphatic rings. The summed E-state index contributed by atoms with van der Waals surface area (Å²) in [7, 11) is 3.54. The van der Waals surface area contributed by atoms with E-state index in [1.807, 2.05) is 25.1 Å². The summed E-state index contributed by atoms with van der Waals surface area (Å²) >= 11 is 0. The molecule has 112 valence electrons. The molecule has 0 bridgehead atoms. The smallest absolute Gasteiger partial charge is 0.223 e. The van der Waals surface area contributed by atoms with Gasteiger partial charge in [-0.1, -0.05) is 13.0 Å². The summed E-state index contributed by atoms with van der Waals surface area (Å²) in [6.45, 7) is 6.10. The fourth-order valence-corrected chi connectivity index (χ4v) is 2.14. The number of nitrogens with two attached hydrogens (primary N) is 1. The highest BCUT2D eigenvalue weighted by molar-refractivity contribution is 5.76. The molecule has 20 heavy (non-hydrogen) atoms. The molecule has 2 N–H and O–H groups in total. The number of aryl methyl sites for hydroxylation is 1. The van der Waals surface area contributed by atoms with Crippen LogP contribution >= 0.6 is 0 Å². The molecule has 1 amide bonds. The highest BCUT2D eigenvalue weighted by Crippen LogP contribution is 2.10. The number of likely N-dealkylation sites (N-methyl/N-ethyl adjacent to an activating group) is 1. The molecule has 0 saturated carbocycles. The zero-order valence-corrected chi connectivity index (χ0v) is 13.0. The van der Waals surface area contributed by atoms with E-state index in [4.69, 9.17) is 5.73 Å². The van der Waals surface area contributed by atoms with Gasteiger partial charge in [0, 0.05) is 45.3 Å². The molecule has 1 heterocycles. The van der Waals surface area contributed by atoms with Crippen LogP contribution in [0.25, 0.3) is 0 Å². The van der Waals surface area contributed by atoms with Crippen molar-refractivity contribution in [2.75, 3.05) is 27.2 Å². The van der Waals surface area contributed by atoms with Crippen LogP contribution in [0.4, 0.5) is 0 Å². The van der Waals surface area contributed by atoms with Crippen LogP contribution in [0.3, 0.4) is 0 Å². The first-order valence-electron chi connectivity index (χ1n) is 7.04. The first kappa shape index (κ1) is 16.6. The molecule has 1 unspecified atom stereocenters. The molecule has 0 saturated heterocycles. The van der Waals surface area contributed by atoms with Gasteiger partial charge in [0.1, 0.15) is 0 Å². The number of pyridine rings is 1. The lowest BCUT2D eigenvalue weighted by Crippen LogP contribution is -2.43. The number of carbonyl (C=O) groups excluding carboxylic acids is 1. The monoisotopic (exact) mass is 278 g/mol. The Morgan fingerprint density at radius 2 is 2.10 bits per heavy atom. The molecule has 0 aliphatic carbocycles. The van der Waals surface area contributed by atoms with Crippen LogP contribution < -0.4 is 5.73 Å². The standard InChI is InChI=1S/C15H26N4O/c1-5-19(11-13-8-6-7-12(2)17-13)14(10-16)9-15(20)18(3)4/h6-8,14H,5,9-11,16H2,1-4H3. The number of rotatable bonds is 7. The van der Waals surface area contributed by atoms with Crippen LogP contribution in [-0.2, 0) is 11.3 Å². The molecule has 0 fully saturated rings. The van der Waals surface area contributed by atoms with Crippen molar-refractivity contribution in [3.8, 4) is 0 Å². The van der Waals surface area contributed by atoms with E-state index in [0.29, 0.717) is 13.0 Å². The van der Waals surface area contributed by atoms with Crippen molar-refractivity contribution in [2.45, 2.75) is 32.9 Å². The van der Waals surface area contributed by atoms with Gasteiger partial charge in [-0.05, 0) is 25.6 Å². The SMILES string of the molecule is CCN(Cc1cccc(C)n1)C(CN)CC(=O)N(C)C. The Morgan fingerprint density at radius 1 is 1.40 bits per heavy atom. The van der Waals surface area contributed by atoms with E-state index >= 15 is 0 Å². The maximum absolute atomic E-state index is 11.9. The minimum absolute atomic E-state index is 0.0530. The van der Waals surface area contributed by atoms with Gasteiger partial charge >= 0.3 is 0 Å². The fourth-order valence-electron chi connectivity index (χ4n) is 2.14. The number of hydrogen-bond acceptors (Lipinski definition) is 4. The van der Waals surface area contributed by atoms with Crippen LogP contribution in [0, 0.1) is 6.92 Å². The van der Waals surface area contributed by atoms with Crippen molar-refractivity contribution in [1.82, 2.24) is 14.8 Å². The van der Waals surface area contributed by atoms with Crippen molar-refractivity contribution < 1.29 is 4.79 Å². The maximum Gasteiger partial charge on any atom is 0.223 e. The molecular formula is C15H26N4O. The molecular weight excluding hydrogens is 252 g/mol. The average Bonchev–Trinajstić information content (AvgIpc) is 2.42. The van der Waals surface area contributed by atoms with Gasteiger partial charge in [0.15, 0.2) is 0 Å². The Morgan fingerprint density at radius 3 is 2.60 bits per heavy atom. The fraction of sp³-hybridized carbons (Fsp3) is 0.600. The molecule has 5 nitrogen and oxygen atoms in total. The lowest BCUT2D eigenvalue weighted by molar-refractivity contribution is -0.130. The van der Waals surface area contributed by atoms with Gasteiger partial charge in [0.05, 0.1) is 5.69 Å². The predicted molar refractivity (Wildman–Crippen MR) is 81.2 cm³/mol. The first-order valence-corrected chi connectivity index (χ1v) is 7.04. The minimum Gasteiger partial charge on any atom is -0.349 e. The summed E-state index contributed by atoms with van der Waals surface area (Å²) in [6, 6.07) is 6.05. The maximum atomic E-state index is 11.9. The number of amides is 1. The largest absolute Gasteiger partial charge is 0.349 e.